The molecule has 14 heteroatoms. The van der Waals surface area contributed by atoms with Gasteiger partial charge in [-0.2, -0.15) is 10.2 Å². The fourth-order valence-electron chi connectivity index (χ4n) is 5.12. The number of hydrogen-bond donors (Lipinski definition) is 3. The van der Waals surface area contributed by atoms with E-state index in [0.29, 0.717) is 24.5 Å². The first-order valence-corrected chi connectivity index (χ1v) is 11.2. The number of amides is 2. The summed E-state index contributed by atoms with van der Waals surface area (Å²) < 4.78 is 61.9. The molecule has 0 radical (unpaired) electrons. The summed E-state index contributed by atoms with van der Waals surface area (Å²) in [5.41, 5.74) is 0.195. The Morgan fingerprint density at radius 3 is 2.66 bits per heavy atom. The van der Waals surface area contributed by atoms with Crippen LogP contribution in [0.25, 0.3) is 0 Å². The maximum Gasteiger partial charge on any atom is 0.522 e. The lowest BCUT2D eigenvalue weighted by molar-refractivity contribution is -0.330. The van der Waals surface area contributed by atoms with Crippen LogP contribution in [0.3, 0.4) is 0 Å². The largest absolute Gasteiger partial charge is 0.522 e. The predicted octanol–water partition coefficient (Wildman–Crippen LogP) is 3.29. The number of hydrogen-bond acceptors (Lipinski definition) is 6. The van der Waals surface area contributed by atoms with Gasteiger partial charge in [0.2, 0.25) is 0 Å². The molecule has 0 unspecified atom stereocenters. The third-order valence-electron chi connectivity index (χ3n) is 6.95. The smallest absolute Gasteiger partial charge is 0.443 e. The number of alkyl carbamates (subject to hydrolysis) is 1. The second kappa shape index (κ2) is 8.50. The zero-order chi connectivity index (χ0) is 25.0. The van der Waals surface area contributed by atoms with Crippen LogP contribution < -0.4 is 10.6 Å². The van der Waals surface area contributed by atoms with E-state index in [4.69, 9.17) is 4.74 Å². The first kappa shape index (κ1) is 23.6. The van der Waals surface area contributed by atoms with Crippen molar-refractivity contribution in [3.8, 4) is 0 Å². The van der Waals surface area contributed by atoms with E-state index in [1.165, 1.54) is 19.2 Å². The van der Waals surface area contributed by atoms with Crippen molar-refractivity contribution in [1.82, 2.24) is 25.3 Å². The molecule has 6 rings (SSSR count). The molecule has 2 bridgehead atoms. The maximum atomic E-state index is 15.0. The second-order valence-electron chi connectivity index (χ2n) is 9.50. The van der Waals surface area contributed by atoms with E-state index in [9.17, 15) is 22.8 Å². The van der Waals surface area contributed by atoms with Crippen LogP contribution in [0.1, 0.15) is 59.9 Å². The van der Waals surface area contributed by atoms with Crippen LogP contribution in [-0.2, 0) is 23.1 Å². The molecule has 0 spiro atoms. The summed E-state index contributed by atoms with van der Waals surface area (Å²) in [6.45, 7) is -0.834. The number of nitrogens with zero attached hydrogens (tertiary/aromatic N) is 3. The number of nitrogens with one attached hydrogen (secondary N) is 3. The first-order chi connectivity index (χ1) is 16.5. The SMILES string of the molecule is Cn1nc(COC(F)(F)F)cc1C(=O)Nc1cc([C@@H]2CC[C@H](OC(=O)NC34CC(C3)C4)[C@@H]2F)[nH]n1. The average molecular weight is 500 g/mol. The molecular formula is C21H24F4N6O4. The Kier molecular flexibility index (Phi) is 5.73. The third kappa shape index (κ3) is 4.83. The van der Waals surface area contributed by atoms with Crippen LogP contribution in [0, 0.1) is 5.92 Å². The second-order valence-corrected chi connectivity index (χ2v) is 9.50. The van der Waals surface area contributed by atoms with E-state index in [0.717, 1.165) is 23.9 Å². The third-order valence-corrected chi connectivity index (χ3v) is 6.95. The van der Waals surface area contributed by atoms with Crippen LogP contribution in [0.15, 0.2) is 12.1 Å². The van der Waals surface area contributed by atoms with E-state index < -0.39 is 43.2 Å². The monoisotopic (exact) mass is 500 g/mol. The molecule has 2 aromatic heterocycles. The van der Waals surface area contributed by atoms with Crippen molar-refractivity contribution in [2.24, 2.45) is 13.0 Å². The van der Waals surface area contributed by atoms with Gasteiger partial charge in [-0.25, -0.2) is 9.18 Å². The molecule has 2 heterocycles. The van der Waals surface area contributed by atoms with E-state index in [1.54, 1.807) is 0 Å². The van der Waals surface area contributed by atoms with E-state index >= 15 is 4.39 Å². The van der Waals surface area contributed by atoms with Crippen molar-refractivity contribution in [3.63, 3.8) is 0 Å². The van der Waals surface area contributed by atoms with Gasteiger partial charge in [0.25, 0.3) is 5.91 Å². The van der Waals surface area contributed by atoms with Crippen molar-refractivity contribution in [2.45, 2.75) is 68.8 Å². The number of H-pyrrole nitrogens is 1. The summed E-state index contributed by atoms with van der Waals surface area (Å²) in [6.07, 6.45) is -4.07. The number of aryl methyl sites for hydroxylation is 1. The van der Waals surface area contributed by atoms with Crippen LogP contribution in [0.4, 0.5) is 28.2 Å². The average Bonchev–Trinajstić information content (AvgIpc) is 3.41. The number of alkyl halides is 4. The van der Waals surface area contributed by atoms with Gasteiger partial charge in [-0.1, -0.05) is 0 Å². The van der Waals surface area contributed by atoms with Crippen molar-refractivity contribution in [2.75, 3.05) is 5.32 Å². The predicted molar refractivity (Wildman–Crippen MR) is 111 cm³/mol. The van der Waals surface area contributed by atoms with Gasteiger partial charge in [0.15, 0.2) is 5.82 Å². The van der Waals surface area contributed by atoms with Crippen LogP contribution in [0.2, 0.25) is 0 Å². The van der Waals surface area contributed by atoms with Crippen molar-refractivity contribution in [1.29, 1.82) is 0 Å². The summed E-state index contributed by atoms with van der Waals surface area (Å²) in [7, 11) is 1.40. The molecule has 2 amide bonds. The standard InChI is InChI=1S/C21H24F4N6O4/c1-31-14(4-11(30-31)9-34-21(23,24)25)18(32)26-16-5-13(28-29-16)12-2-3-15(17(12)22)35-19(33)27-20-6-10(7-20)8-20/h4-5,10,12,15,17H,2-3,6-9H2,1H3,(H,27,33)(H2,26,28,29,32)/t10?,12-,15-,17+,20?/m0/s1. The van der Waals surface area contributed by atoms with Gasteiger partial charge in [-0.15, -0.1) is 13.2 Å². The van der Waals surface area contributed by atoms with Gasteiger partial charge in [0, 0.05) is 30.3 Å². The molecule has 4 saturated carbocycles. The lowest BCUT2D eigenvalue weighted by Crippen LogP contribution is -2.68. The highest BCUT2D eigenvalue weighted by molar-refractivity contribution is 6.02. The van der Waals surface area contributed by atoms with Gasteiger partial charge in [0.1, 0.15) is 24.6 Å². The van der Waals surface area contributed by atoms with E-state index in [2.05, 4.69) is 30.7 Å². The van der Waals surface area contributed by atoms with Crippen LogP contribution in [-0.4, -0.2) is 56.2 Å². The van der Waals surface area contributed by atoms with Gasteiger partial charge in [0.05, 0.1) is 5.69 Å². The highest BCUT2D eigenvalue weighted by atomic mass is 19.4. The Hall–Kier alpha value is -3.16. The Morgan fingerprint density at radius 1 is 1.26 bits per heavy atom. The molecule has 190 valence electrons. The fraction of sp³-hybridized carbons (Fsp3) is 0.619. The van der Waals surface area contributed by atoms with Gasteiger partial charge in [-0.3, -0.25) is 19.3 Å². The van der Waals surface area contributed by atoms with Gasteiger partial charge in [-0.05, 0) is 44.1 Å². The number of carbonyl (C=O) groups is 2. The summed E-state index contributed by atoms with van der Waals surface area (Å²) in [5, 5.41) is 15.9. The highest BCUT2D eigenvalue weighted by Crippen LogP contribution is 2.57. The molecule has 0 aromatic carbocycles. The maximum absolute atomic E-state index is 15.0. The highest BCUT2D eigenvalue weighted by Gasteiger charge is 2.58. The lowest BCUT2D eigenvalue weighted by Gasteiger charge is -2.61. The summed E-state index contributed by atoms with van der Waals surface area (Å²) >= 11 is 0. The number of halogens is 4. The summed E-state index contributed by atoms with van der Waals surface area (Å²) in [5.74, 6) is -0.453. The van der Waals surface area contributed by atoms with E-state index in [-0.39, 0.29) is 22.7 Å². The minimum atomic E-state index is -4.82. The number of rotatable bonds is 7. The molecule has 2 aromatic rings. The van der Waals surface area contributed by atoms with Gasteiger partial charge < -0.3 is 15.4 Å². The normalized spacial score (nSPS) is 29.3. The topological polar surface area (TPSA) is 123 Å². The minimum Gasteiger partial charge on any atom is -0.443 e. The Balaban J connectivity index is 1.15. The van der Waals surface area contributed by atoms with Crippen molar-refractivity contribution in [3.05, 3.63) is 29.2 Å². The van der Waals surface area contributed by atoms with Crippen LogP contribution in [0.5, 0.6) is 0 Å². The molecule has 0 saturated heterocycles. The summed E-state index contributed by atoms with van der Waals surface area (Å²) in [6, 6.07) is 2.65. The first-order valence-electron chi connectivity index (χ1n) is 11.2. The summed E-state index contributed by atoms with van der Waals surface area (Å²) in [4.78, 5) is 24.7. The molecule has 35 heavy (non-hydrogen) atoms. The molecule has 10 nitrogen and oxygen atoms in total. The van der Waals surface area contributed by atoms with Crippen molar-refractivity contribution >= 4 is 17.8 Å². The number of anilines is 1. The zero-order valence-corrected chi connectivity index (χ0v) is 18.7. The molecule has 4 aliphatic carbocycles. The quantitative estimate of drug-likeness (QED) is 0.502. The molecule has 3 atom stereocenters. The van der Waals surface area contributed by atoms with Crippen molar-refractivity contribution < 1.29 is 36.6 Å². The number of carbonyl (C=O) groups excluding carboxylic acids is 2. The lowest BCUT2D eigenvalue weighted by atomic mass is 9.50. The molecule has 4 aliphatic rings. The Bertz CT molecular complexity index is 1110. The molecule has 4 fully saturated rings. The Labute approximate surface area is 196 Å². The van der Waals surface area contributed by atoms with Crippen LogP contribution >= 0.6 is 0 Å². The Morgan fingerprint density at radius 2 is 2.00 bits per heavy atom. The molecule has 0 aliphatic heterocycles. The number of ether oxygens (including phenoxy) is 2. The molecular weight excluding hydrogens is 476 g/mol. The number of aromatic amines is 1. The number of aromatic nitrogens is 4. The zero-order valence-electron chi connectivity index (χ0n) is 18.7. The minimum absolute atomic E-state index is 0.0113. The van der Waals surface area contributed by atoms with E-state index in [1.807, 2.05) is 0 Å². The fourth-order valence-corrected chi connectivity index (χ4v) is 5.12. The van der Waals surface area contributed by atoms with Gasteiger partial charge >= 0.3 is 12.5 Å². The molecule has 3 N–H and O–H groups in total.